The molecule has 0 unspecified atom stereocenters. The van der Waals surface area contributed by atoms with Gasteiger partial charge in [0.2, 0.25) is 0 Å². The van der Waals surface area contributed by atoms with E-state index in [1.165, 1.54) is 5.56 Å². The molecular weight excluding hydrogens is 360 g/mol. The van der Waals surface area contributed by atoms with E-state index in [4.69, 9.17) is 4.98 Å². The van der Waals surface area contributed by atoms with Gasteiger partial charge in [0.05, 0.1) is 5.52 Å². The topological polar surface area (TPSA) is 59.0 Å². The van der Waals surface area contributed by atoms with E-state index in [0.717, 1.165) is 33.3 Å². The molecule has 2 aromatic carbocycles. The summed E-state index contributed by atoms with van der Waals surface area (Å²) in [5.74, 6) is 0.543. The Hall–Kier alpha value is -3.60. The van der Waals surface area contributed by atoms with Crippen molar-refractivity contribution in [1.29, 1.82) is 0 Å². The van der Waals surface area contributed by atoms with Crippen molar-refractivity contribution in [2.24, 2.45) is 0 Å². The van der Waals surface area contributed by atoms with Gasteiger partial charge in [0.15, 0.2) is 5.82 Å². The van der Waals surface area contributed by atoms with Crippen LogP contribution in [0.5, 0.6) is 0 Å². The van der Waals surface area contributed by atoms with Gasteiger partial charge < -0.3 is 4.90 Å². The predicted octanol–water partition coefficient (Wildman–Crippen LogP) is 4.89. The molecule has 0 aliphatic rings. The largest absolute Gasteiger partial charge is 0.310 e. The molecule has 1 amide bonds. The maximum Gasteiger partial charge on any atom is 0.276 e. The summed E-state index contributed by atoms with van der Waals surface area (Å²) in [6.07, 6.45) is 3.50. The molecule has 4 aromatic rings. The van der Waals surface area contributed by atoms with Crippen LogP contribution >= 0.6 is 0 Å². The molecular formula is C24H22N4O. The van der Waals surface area contributed by atoms with Gasteiger partial charge in [-0.3, -0.25) is 9.78 Å². The zero-order chi connectivity index (χ0) is 20.5. The second-order valence-electron chi connectivity index (χ2n) is 7.29. The van der Waals surface area contributed by atoms with Gasteiger partial charge in [-0.25, -0.2) is 9.97 Å². The van der Waals surface area contributed by atoms with Gasteiger partial charge in [-0.2, -0.15) is 0 Å². The van der Waals surface area contributed by atoms with Gasteiger partial charge in [0, 0.05) is 36.1 Å². The van der Waals surface area contributed by atoms with Gasteiger partial charge in [-0.05, 0) is 68.3 Å². The number of pyridine rings is 1. The number of carbonyl (C=O) groups is 1. The molecule has 0 atom stereocenters. The predicted molar refractivity (Wildman–Crippen MR) is 116 cm³/mol. The van der Waals surface area contributed by atoms with Gasteiger partial charge in [-0.15, -0.1) is 0 Å². The van der Waals surface area contributed by atoms with Crippen molar-refractivity contribution in [2.45, 2.75) is 20.8 Å². The van der Waals surface area contributed by atoms with Crippen molar-refractivity contribution in [3.05, 3.63) is 83.3 Å². The molecule has 5 heteroatoms. The van der Waals surface area contributed by atoms with Crippen molar-refractivity contribution in [3.63, 3.8) is 0 Å². The van der Waals surface area contributed by atoms with Gasteiger partial charge in [0.1, 0.15) is 5.69 Å². The fourth-order valence-electron chi connectivity index (χ4n) is 3.44. The van der Waals surface area contributed by atoms with Crippen LogP contribution in [0.15, 0.2) is 60.9 Å². The third-order valence-electron chi connectivity index (χ3n) is 5.07. The number of hydrogen-bond donors (Lipinski definition) is 0. The lowest BCUT2D eigenvalue weighted by molar-refractivity contribution is 0.0987. The summed E-state index contributed by atoms with van der Waals surface area (Å²) in [4.78, 5) is 28.0. The summed E-state index contributed by atoms with van der Waals surface area (Å²) < 4.78 is 0. The first kappa shape index (κ1) is 18.7. The van der Waals surface area contributed by atoms with Crippen LogP contribution in [0, 0.1) is 20.8 Å². The molecule has 144 valence electrons. The Morgan fingerprint density at radius 2 is 1.76 bits per heavy atom. The Morgan fingerprint density at radius 1 is 0.931 bits per heavy atom. The van der Waals surface area contributed by atoms with E-state index in [1.54, 1.807) is 18.1 Å². The van der Waals surface area contributed by atoms with Crippen LogP contribution < -0.4 is 4.90 Å². The lowest BCUT2D eigenvalue weighted by Crippen LogP contribution is -2.28. The van der Waals surface area contributed by atoms with Gasteiger partial charge >= 0.3 is 0 Å². The van der Waals surface area contributed by atoms with E-state index in [-0.39, 0.29) is 5.91 Å². The number of aromatic nitrogens is 3. The SMILES string of the molecule is Cc1ccc2nc(-c3ccc(N(C)C(=O)c4ncccc4C)c(C)c3)ncc2c1. The number of amides is 1. The van der Waals surface area contributed by atoms with Crippen LogP contribution in [0.4, 0.5) is 5.69 Å². The van der Waals surface area contributed by atoms with Crippen LogP contribution in [-0.2, 0) is 0 Å². The smallest absolute Gasteiger partial charge is 0.276 e. The molecule has 0 spiro atoms. The zero-order valence-electron chi connectivity index (χ0n) is 17.0. The first-order valence-electron chi connectivity index (χ1n) is 9.48. The third-order valence-corrected chi connectivity index (χ3v) is 5.07. The molecule has 0 N–H and O–H groups in total. The highest BCUT2D eigenvalue weighted by molar-refractivity contribution is 6.05. The highest BCUT2D eigenvalue weighted by Gasteiger charge is 2.18. The molecule has 0 saturated carbocycles. The minimum absolute atomic E-state index is 0.128. The van der Waals surface area contributed by atoms with Crippen molar-refractivity contribution in [1.82, 2.24) is 15.0 Å². The summed E-state index contributed by atoms with van der Waals surface area (Å²) in [7, 11) is 1.77. The van der Waals surface area contributed by atoms with Crippen LogP contribution in [0.1, 0.15) is 27.2 Å². The van der Waals surface area contributed by atoms with Crippen LogP contribution in [0.2, 0.25) is 0 Å². The Balaban J connectivity index is 1.67. The number of carbonyl (C=O) groups excluding carboxylic acids is 1. The maximum atomic E-state index is 12.9. The summed E-state index contributed by atoms with van der Waals surface area (Å²) >= 11 is 0. The Kier molecular flexibility index (Phi) is 4.80. The van der Waals surface area contributed by atoms with Crippen LogP contribution in [0.25, 0.3) is 22.3 Å². The van der Waals surface area contributed by atoms with E-state index < -0.39 is 0 Å². The summed E-state index contributed by atoms with van der Waals surface area (Å²) in [6, 6.07) is 15.8. The second kappa shape index (κ2) is 7.43. The lowest BCUT2D eigenvalue weighted by Gasteiger charge is -2.20. The van der Waals surface area contributed by atoms with Crippen LogP contribution in [0.3, 0.4) is 0 Å². The molecule has 2 heterocycles. The quantitative estimate of drug-likeness (QED) is 0.506. The highest BCUT2D eigenvalue weighted by atomic mass is 16.2. The number of aryl methyl sites for hydroxylation is 3. The van der Waals surface area contributed by atoms with Crippen LogP contribution in [-0.4, -0.2) is 27.9 Å². The number of nitrogens with zero attached hydrogens (tertiary/aromatic N) is 4. The minimum atomic E-state index is -0.128. The standard InChI is InChI=1S/C24H22N4O/c1-15-7-9-20-19(12-15)14-26-23(27-20)18-8-10-21(17(3)13-18)28(4)24(29)22-16(2)6-5-11-25-22/h5-14H,1-4H3. The van der Waals surface area contributed by atoms with Crippen molar-refractivity contribution >= 4 is 22.5 Å². The average Bonchev–Trinajstić information content (AvgIpc) is 2.72. The monoisotopic (exact) mass is 382 g/mol. The van der Waals surface area contributed by atoms with E-state index in [9.17, 15) is 4.79 Å². The maximum absolute atomic E-state index is 12.9. The first-order chi connectivity index (χ1) is 13.9. The summed E-state index contributed by atoms with van der Waals surface area (Å²) in [5, 5.41) is 1.03. The molecule has 0 aliphatic carbocycles. The highest BCUT2D eigenvalue weighted by Crippen LogP contribution is 2.27. The van der Waals surface area contributed by atoms with E-state index >= 15 is 0 Å². The summed E-state index contributed by atoms with van der Waals surface area (Å²) in [5.41, 5.74) is 6.15. The van der Waals surface area contributed by atoms with E-state index in [1.807, 2.05) is 62.5 Å². The molecule has 2 aromatic heterocycles. The molecule has 5 nitrogen and oxygen atoms in total. The molecule has 0 radical (unpaired) electrons. The zero-order valence-corrected chi connectivity index (χ0v) is 17.0. The first-order valence-corrected chi connectivity index (χ1v) is 9.48. The number of rotatable bonds is 3. The molecule has 4 rings (SSSR count). The Bertz CT molecular complexity index is 1230. The minimum Gasteiger partial charge on any atom is -0.310 e. The fourth-order valence-corrected chi connectivity index (χ4v) is 3.44. The van der Waals surface area contributed by atoms with Crippen molar-refractivity contribution in [3.8, 4) is 11.4 Å². The molecule has 0 bridgehead atoms. The Labute approximate surface area is 170 Å². The molecule has 0 fully saturated rings. The van der Waals surface area contributed by atoms with E-state index in [0.29, 0.717) is 11.5 Å². The van der Waals surface area contributed by atoms with Crippen molar-refractivity contribution in [2.75, 3.05) is 11.9 Å². The normalized spacial score (nSPS) is 10.9. The Morgan fingerprint density at radius 3 is 2.52 bits per heavy atom. The average molecular weight is 382 g/mol. The molecule has 29 heavy (non-hydrogen) atoms. The van der Waals surface area contributed by atoms with Gasteiger partial charge in [-0.1, -0.05) is 17.7 Å². The molecule has 0 aliphatic heterocycles. The fraction of sp³-hybridized carbons (Fsp3) is 0.167. The second-order valence-corrected chi connectivity index (χ2v) is 7.29. The van der Waals surface area contributed by atoms with Gasteiger partial charge in [0.25, 0.3) is 5.91 Å². The number of benzene rings is 2. The summed E-state index contributed by atoms with van der Waals surface area (Å²) in [6.45, 7) is 5.93. The lowest BCUT2D eigenvalue weighted by atomic mass is 10.1. The number of fused-ring (bicyclic) bond motifs is 1. The van der Waals surface area contributed by atoms with Crippen molar-refractivity contribution < 1.29 is 4.79 Å². The van der Waals surface area contributed by atoms with E-state index in [2.05, 4.69) is 23.0 Å². The molecule has 0 saturated heterocycles. The third kappa shape index (κ3) is 3.59. The number of anilines is 1. The number of hydrogen-bond acceptors (Lipinski definition) is 4.